The quantitative estimate of drug-likeness (QED) is 0.918. The summed E-state index contributed by atoms with van der Waals surface area (Å²) in [4.78, 5) is 0. The zero-order chi connectivity index (χ0) is 13.8. The molecule has 1 unspecified atom stereocenters. The van der Waals surface area contributed by atoms with Gasteiger partial charge in [0.15, 0.2) is 11.6 Å². The van der Waals surface area contributed by atoms with Crippen LogP contribution < -0.4 is 10.5 Å². The van der Waals surface area contributed by atoms with Crippen molar-refractivity contribution in [2.24, 2.45) is 5.73 Å². The van der Waals surface area contributed by atoms with Crippen molar-refractivity contribution in [3.63, 3.8) is 0 Å². The van der Waals surface area contributed by atoms with Crippen LogP contribution in [0.5, 0.6) is 5.75 Å². The highest BCUT2D eigenvalue weighted by molar-refractivity contribution is 5.29. The molecule has 0 bridgehead atoms. The number of ether oxygens (including phenoxy) is 1. The smallest absolute Gasteiger partial charge is 0.165 e. The molecule has 2 aromatic rings. The predicted octanol–water partition coefficient (Wildman–Crippen LogP) is 3.35. The lowest BCUT2D eigenvalue weighted by Crippen LogP contribution is -2.20. The summed E-state index contributed by atoms with van der Waals surface area (Å²) in [5.41, 5.74) is 7.09. The van der Waals surface area contributed by atoms with Crippen LogP contribution in [0.25, 0.3) is 0 Å². The molecule has 0 saturated carbocycles. The summed E-state index contributed by atoms with van der Waals surface area (Å²) in [6, 6.07) is 10.2. The first-order chi connectivity index (χ1) is 9.08. The van der Waals surface area contributed by atoms with Gasteiger partial charge >= 0.3 is 0 Å². The normalized spacial score (nSPS) is 12.2. The van der Waals surface area contributed by atoms with Crippen LogP contribution in [0.3, 0.4) is 0 Å². The minimum Gasteiger partial charge on any atom is -0.489 e. The third-order valence-electron chi connectivity index (χ3n) is 2.81. The van der Waals surface area contributed by atoms with Gasteiger partial charge in [0, 0.05) is 5.56 Å². The molecule has 0 radical (unpaired) electrons. The van der Waals surface area contributed by atoms with E-state index in [9.17, 15) is 8.78 Å². The third kappa shape index (κ3) is 3.29. The number of hydrogen-bond donors (Lipinski definition) is 1. The number of aryl methyl sites for hydroxylation is 1. The summed E-state index contributed by atoms with van der Waals surface area (Å²) in [6.45, 7) is 1.85. The highest BCUT2D eigenvalue weighted by atomic mass is 19.1. The van der Waals surface area contributed by atoms with Crippen molar-refractivity contribution in [3.8, 4) is 5.75 Å². The Morgan fingerprint density at radius 1 is 1.11 bits per heavy atom. The van der Waals surface area contributed by atoms with Crippen LogP contribution in [0.2, 0.25) is 0 Å². The number of benzene rings is 2. The van der Waals surface area contributed by atoms with E-state index >= 15 is 0 Å². The lowest BCUT2D eigenvalue weighted by Gasteiger charge is -2.15. The van der Waals surface area contributed by atoms with Gasteiger partial charge in [-0.15, -0.1) is 0 Å². The fourth-order valence-corrected chi connectivity index (χ4v) is 1.77. The molecule has 4 heteroatoms. The van der Waals surface area contributed by atoms with Crippen molar-refractivity contribution >= 4 is 0 Å². The van der Waals surface area contributed by atoms with Crippen LogP contribution in [0.1, 0.15) is 17.2 Å². The van der Waals surface area contributed by atoms with E-state index in [-0.39, 0.29) is 18.2 Å². The summed E-state index contributed by atoms with van der Waals surface area (Å²) in [7, 11) is 0. The Morgan fingerprint density at radius 2 is 1.84 bits per heavy atom. The molecule has 2 aromatic carbocycles. The highest BCUT2D eigenvalue weighted by Crippen LogP contribution is 2.21. The summed E-state index contributed by atoms with van der Waals surface area (Å²) in [5.74, 6) is -0.707. The molecule has 0 amide bonds. The highest BCUT2D eigenvalue weighted by Gasteiger charge is 2.12. The Labute approximate surface area is 110 Å². The average molecular weight is 263 g/mol. The molecule has 100 valence electrons. The molecule has 1 atom stereocenters. The second kappa shape index (κ2) is 5.80. The van der Waals surface area contributed by atoms with Gasteiger partial charge in [-0.05, 0) is 30.7 Å². The Morgan fingerprint density at radius 3 is 2.58 bits per heavy atom. The molecule has 0 aliphatic heterocycles. The summed E-state index contributed by atoms with van der Waals surface area (Å²) < 4.78 is 32.3. The minimum absolute atomic E-state index is 0.0152. The largest absolute Gasteiger partial charge is 0.489 e. The fraction of sp³-hybridized carbons (Fsp3) is 0.200. The maximum Gasteiger partial charge on any atom is 0.165 e. The molecule has 0 heterocycles. The zero-order valence-corrected chi connectivity index (χ0v) is 10.6. The molecule has 0 spiro atoms. The van der Waals surface area contributed by atoms with Gasteiger partial charge in [-0.25, -0.2) is 8.78 Å². The SMILES string of the molecule is Cc1ccc(F)c(OCC(N)c2ccccc2F)c1. The van der Waals surface area contributed by atoms with Crippen LogP contribution in [0.15, 0.2) is 42.5 Å². The average Bonchev–Trinajstić information content (AvgIpc) is 2.40. The Balaban J connectivity index is 2.06. The lowest BCUT2D eigenvalue weighted by molar-refractivity contribution is 0.274. The first kappa shape index (κ1) is 13.5. The predicted molar refractivity (Wildman–Crippen MR) is 70.0 cm³/mol. The first-order valence-corrected chi connectivity index (χ1v) is 5.97. The molecule has 0 saturated heterocycles. The number of rotatable bonds is 4. The second-order valence-corrected chi connectivity index (χ2v) is 4.37. The first-order valence-electron chi connectivity index (χ1n) is 5.97. The molecule has 2 nitrogen and oxygen atoms in total. The number of halogens is 2. The van der Waals surface area contributed by atoms with Crippen molar-refractivity contribution in [2.75, 3.05) is 6.61 Å². The van der Waals surface area contributed by atoms with Crippen LogP contribution in [-0.4, -0.2) is 6.61 Å². The molecular formula is C15H15F2NO. The Kier molecular flexibility index (Phi) is 4.12. The molecule has 0 aliphatic carbocycles. The van der Waals surface area contributed by atoms with Crippen molar-refractivity contribution in [1.82, 2.24) is 0 Å². The van der Waals surface area contributed by atoms with E-state index in [4.69, 9.17) is 10.5 Å². The van der Waals surface area contributed by atoms with Gasteiger partial charge in [0.1, 0.15) is 12.4 Å². The van der Waals surface area contributed by atoms with Crippen LogP contribution >= 0.6 is 0 Å². The van der Waals surface area contributed by atoms with Gasteiger partial charge in [-0.3, -0.25) is 0 Å². The van der Waals surface area contributed by atoms with E-state index in [2.05, 4.69) is 0 Å². The van der Waals surface area contributed by atoms with E-state index in [1.54, 1.807) is 30.3 Å². The van der Waals surface area contributed by atoms with Gasteiger partial charge in [0.25, 0.3) is 0 Å². The maximum atomic E-state index is 13.5. The summed E-state index contributed by atoms with van der Waals surface area (Å²) >= 11 is 0. The van der Waals surface area contributed by atoms with E-state index < -0.39 is 11.9 Å². The molecule has 19 heavy (non-hydrogen) atoms. The molecule has 0 fully saturated rings. The van der Waals surface area contributed by atoms with Gasteiger partial charge in [0.2, 0.25) is 0 Å². The van der Waals surface area contributed by atoms with E-state index in [1.807, 2.05) is 6.92 Å². The van der Waals surface area contributed by atoms with Crippen molar-refractivity contribution < 1.29 is 13.5 Å². The standard InChI is InChI=1S/C15H15F2NO/c1-10-6-7-13(17)15(8-10)19-9-14(18)11-4-2-3-5-12(11)16/h2-8,14H,9,18H2,1H3. The van der Waals surface area contributed by atoms with E-state index in [1.165, 1.54) is 12.1 Å². The molecule has 2 rings (SSSR count). The van der Waals surface area contributed by atoms with Crippen LogP contribution in [0, 0.1) is 18.6 Å². The third-order valence-corrected chi connectivity index (χ3v) is 2.81. The lowest BCUT2D eigenvalue weighted by atomic mass is 10.1. The minimum atomic E-state index is -0.638. The van der Waals surface area contributed by atoms with Gasteiger partial charge in [-0.1, -0.05) is 24.3 Å². The van der Waals surface area contributed by atoms with Gasteiger partial charge in [-0.2, -0.15) is 0 Å². The second-order valence-electron chi connectivity index (χ2n) is 4.37. The van der Waals surface area contributed by atoms with E-state index in [0.29, 0.717) is 5.56 Å². The Hall–Kier alpha value is -1.94. The van der Waals surface area contributed by atoms with Gasteiger partial charge in [0.05, 0.1) is 6.04 Å². The molecular weight excluding hydrogens is 248 g/mol. The van der Waals surface area contributed by atoms with Crippen molar-refractivity contribution in [1.29, 1.82) is 0 Å². The Bertz CT molecular complexity index is 572. The van der Waals surface area contributed by atoms with Crippen molar-refractivity contribution in [2.45, 2.75) is 13.0 Å². The summed E-state index contributed by atoms with van der Waals surface area (Å²) in [5, 5.41) is 0. The van der Waals surface area contributed by atoms with Crippen LogP contribution in [-0.2, 0) is 0 Å². The molecule has 0 aromatic heterocycles. The molecule has 0 aliphatic rings. The van der Waals surface area contributed by atoms with Crippen molar-refractivity contribution in [3.05, 3.63) is 65.2 Å². The monoisotopic (exact) mass is 263 g/mol. The number of hydrogen-bond acceptors (Lipinski definition) is 2. The van der Waals surface area contributed by atoms with E-state index in [0.717, 1.165) is 5.56 Å². The zero-order valence-electron chi connectivity index (χ0n) is 10.6. The maximum absolute atomic E-state index is 13.5. The topological polar surface area (TPSA) is 35.2 Å². The number of nitrogens with two attached hydrogens (primary N) is 1. The molecule has 2 N–H and O–H groups in total. The van der Waals surface area contributed by atoms with Crippen LogP contribution in [0.4, 0.5) is 8.78 Å². The summed E-state index contributed by atoms with van der Waals surface area (Å²) in [6.07, 6.45) is 0. The van der Waals surface area contributed by atoms with Gasteiger partial charge < -0.3 is 10.5 Å². The fourth-order valence-electron chi connectivity index (χ4n) is 1.77.